The maximum absolute atomic E-state index is 12.6. The number of benzene rings is 2. The van der Waals surface area contributed by atoms with Crippen molar-refractivity contribution in [2.24, 2.45) is 0 Å². The molecule has 2 heterocycles. The third-order valence-corrected chi connectivity index (χ3v) is 4.77. The lowest BCUT2D eigenvalue weighted by Crippen LogP contribution is -2.46. The highest BCUT2D eigenvalue weighted by Gasteiger charge is 2.25. The normalized spacial score (nSPS) is 16.9. The van der Waals surface area contributed by atoms with Gasteiger partial charge in [0.15, 0.2) is 6.61 Å². The first-order valence-corrected chi connectivity index (χ1v) is 9.24. The quantitative estimate of drug-likeness (QED) is 0.695. The van der Waals surface area contributed by atoms with E-state index >= 15 is 0 Å². The number of piperidine rings is 1. The highest BCUT2D eigenvalue weighted by atomic mass is 16.5. The van der Waals surface area contributed by atoms with Crippen LogP contribution in [0.3, 0.4) is 0 Å². The Morgan fingerprint density at radius 3 is 2.70 bits per heavy atom. The van der Waals surface area contributed by atoms with E-state index in [0.717, 1.165) is 35.9 Å². The predicted octanol–water partition coefficient (Wildman–Crippen LogP) is 3.68. The number of hydrogen-bond donors (Lipinski definition) is 0. The first kappa shape index (κ1) is 17.3. The molecule has 5 heteroatoms. The molecule has 0 radical (unpaired) electrons. The Labute approximate surface area is 158 Å². The lowest BCUT2D eigenvalue weighted by Gasteiger charge is -2.32. The van der Waals surface area contributed by atoms with Crippen molar-refractivity contribution in [3.63, 3.8) is 0 Å². The number of carbonyl (C=O) groups excluding carboxylic acids is 1. The molecule has 1 saturated heterocycles. The molecule has 0 bridgehead atoms. The van der Waals surface area contributed by atoms with E-state index in [2.05, 4.69) is 11.1 Å². The number of pyridine rings is 1. The topological polar surface area (TPSA) is 51.7 Å². The largest absolute Gasteiger partial charge is 0.488 e. The van der Waals surface area contributed by atoms with E-state index in [0.29, 0.717) is 12.3 Å². The van der Waals surface area contributed by atoms with Crippen LogP contribution in [0, 0.1) is 0 Å². The van der Waals surface area contributed by atoms with Gasteiger partial charge >= 0.3 is 0 Å². The van der Waals surface area contributed by atoms with Gasteiger partial charge in [0.25, 0.3) is 5.91 Å². The first-order chi connectivity index (χ1) is 13.3. The zero-order valence-electron chi connectivity index (χ0n) is 15.1. The van der Waals surface area contributed by atoms with Crippen molar-refractivity contribution in [1.82, 2.24) is 9.88 Å². The van der Waals surface area contributed by atoms with Crippen LogP contribution in [0.1, 0.15) is 12.8 Å². The molecule has 1 aliphatic heterocycles. The number of aromatic nitrogens is 1. The average molecular weight is 362 g/mol. The summed E-state index contributed by atoms with van der Waals surface area (Å²) >= 11 is 0. The number of ether oxygens (including phenoxy) is 2. The molecule has 2 aromatic carbocycles. The molecule has 0 aliphatic carbocycles. The Kier molecular flexibility index (Phi) is 5.19. The summed E-state index contributed by atoms with van der Waals surface area (Å²) in [7, 11) is 0. The highest BCUT2D eigenvalue weighted by Crippen LogP contribution is 2.21. The van der Waals surface area contributed by atoms with Gasteiger partial charge in [-0.05, 0) is 47.9 Å². The van der Waals surface area contributed by atoms with Gasteiger partial charge in [0.05, 0.1) is 6.54 Å². The van der Waals surface area contributed by atoms with Crippen molar-refractivity contribution >= 4 is 16.7 Å². The van der Waals surface area contributed by atoms with Crippen LogP contribution in [0.25, 0.3) is 10.8 Å². The van der Waals surface area contributed by atoms with Crippen molar-refractivity contribution in [3.05, 3.63) is 67.0 Å². The van der Waals surface area contributed by atoms with Crippen LogP contribution >= 0.6 is 0 Å². The number of fused-ring (bicyclic) bond motifs is 1. The van der Waals surface area contributed by atoms with Gasteiger partial charge in [-0.15, -0.1) is 0 Å². The number of amides is 1. The van der Waals surface area contributed by atoms with Crippen LogP contribution in [0.15, 0.2) is 67.0 Å². The molecule has 1 amide bonds. The standard InChI is InChI=1S/C22H22N2O3/c25-22(16-26-20-8-7-17-4-1-2-5-18(17)14-20)24-13-3-6-21(15-24)27-19-9-11-23-12-10-19/h1-2,4-5,7-12,14,21H,3,6,13,15-16H2/t21-/m0/s1. The van der Waals surface area contributed by atoms with Crippen molar-refractivity contribution in [3.8, 4) is 11.5 Å². The van der Waals surface area contributed by atoms with Crippen LogP contribution in [0.5, 0.6) is 11.5 Å². The lowest BCUT2D eigenvalue weighted by molar-refractivity contribution is -0.136. The Morgan fingerprint density at radius 2 is 1.85 bits per heavy atom. The van der Waals surface area contributed by atoms with E-state index in [-0.39, 0.29) is 18.6 Å². The average Bonchev–Trinajstić information content (AvgIpc) is 2.73. The Balaban J connectivity index is 1.33. The van der Waals surface area contributed by atoms with E-state index in [1.807, 2.05) is 53.4 Å². The van der Waals surface area contributed by atoms with E-state index in [4.69, 9.17) is 9.47 Å². The Hall–Kier alpha value is -3.08. The number of hydrogen-bond acceptors (Lipinski definition) is 4. The number of carbonyl (C=O) groups is 1. The minimum absolute atomic E-state index is 0.00534. The van der Waals surface area contributed by atoms with Crippen LogP contribution in [0.2, 0.25) is 0 Å². The summed E-state index contributed by atoms with van der Waals surface area (Å²) in [5, 5.41) is 2.26. The smallest absolute Gasteiger partial charge is 0.260 e. The summed E-state index contributed by atoms with van der Waals surface area (Å²) in [5.74, 6) is 1.49. The fraction of sp³-hybridized carbons (Fsp3) is 0.273. The van der Waals surface area contributed by atoms with Crippen LogP contribution in [-0.4, -0.2) is 41.6 Å². The molecule has 0 N–H and O–H groups in total. The van der Waals surface area contributed by atoms with Gasteiger partial charge in [-0.1, -0.05) is 30.3 Å². The number of rotatable bonds is 5. The van der Waals surface area contributed by atoms with Crippen molar-refractivity contribution in [1.29, 1.82) is 0 Å². The van der Waals surface area contributed by atoms with Gasteiger partial charge in [-0.2, -0.15) is 0 Å². The van der Waals surface area contributed by atoms with Gasteiger partial charge in [0.1, 0.15) is 17.6 Å². The van der Waals surface area contributed by atoms with Crippen molar-refractivity contribution in [2.45, 2.75) is 18.9 Å². The number of nitrogens with zero attached hydrogens (tertiary/aromatic N) is 2. The maximum Gasteiger partial charge on any atom is 0.260 e. The van der Waals surface area contributed by atoms with Crippen LogP contribution in [-0.2, 0) is 4.79 Å². The highest BCUT2D eigenvalue weighted by molar-refractivity contribution is 5.84. The summed E-state index contributed by atoms with van der Waals surface area (Å²) < 4.78 is 11.7. The second kappa shape index (κ2) is 8.08. The zero-order chi connectivity index (χ0) is 18.5. The van der Waals surface area contributed by atoms with E-state index in [1.54, 1.807) is 12.4 Å². The molecule has 1 fully saturated rings. The molecule has 4 rings (SSSR count). The van der Waals surface area contributed by atoms with Gasteiger partial charge in [0, 0.05) is 18.9 Å². The molecule has 3 aromatic rings. The maximum atomic E-state index is 12.6. The third kappa shape index (κ3) is 4.37. The fourth-order valence-electron chi connectivity index (χ4n) is 3.36. The Bertz CT molecular complexity index is 914. The van der Waals surface area contributed by atoms with Crippen molar-refractivity contribution in [2.75, 3.05) is 19.7 Å². The van der Waals surface area contributed by atoms with Crippen LogP contribution < -0.4 is 9.47 Å². The third-order valence-electron chi connectivity index (χ3n) is 4.77. The first-order valence-electron chi connectivity index (χ1n) is 9.24. The minimum Gasteiger partial charge on any atom is -0.488 e. The lowest BCUT2D eigenvalue weighted by atomic mass is 10.1. The zero-order valence-corrected chi connectivity index (χ0v) is 15.1. The van der Waals surface area contributed by atoms with Gasteiger partial charge in [0.2, 0.25) is 0 Å². The summed E-state index contributed by atoms with van der Waals surface area (Å²) in [6.45, 7) is 1.37. The molecule has 1 atom stereocenters. The summed E-state index contributed by atoms with van der Waals surface area (Å²) in [6.07, 6.45) is 5.29. The van der Waals surface area contributed by atoms with E-state index in [1.165, 1.54) is 0 Å². The monoisotopic (exact) mass is 362 g/mol. The molecule has 1 aliphatic rings. The SMILES string of the molecule is O=C(COc1ccc2ccccc2c1)N1CCC[C@H](Oc2ccncc2)C1. The van der Waals surface area contributed by atoms with Crippen molar-refractivity contribution < 1.29 is 14.3 Å². The molecule has 0 spiro atoms. The summed E-state index contributed by atoms with van der Waals surface area (Å²) in [6, 6.07) is 17.6. The van der Waals surface area contributed by atoms with Gasteiger partial charge < -0.3 is 14.4 Å². The summed E-state index contributed by atoms with van der Waals surface area (Å²) in [4.78, 5) is 18.4. The molecule has 27 heavy (non-hydrogen) atoms. The Morgan fingerprint density at radius 1 is 1.04 bits per heavy atom. The molecular weight excluding hydrogens is 340 g/mol. The molecule has 0 unspecified atom stereocenters. The molecular formula is C22H22N2O3. The number of likely N-dealkylation sites (tertiary alicyclic amines) is 1. The fourth-order valence-corrected chi connectivity index (χ4v) is 3.36. The molecule has 0 saturated carbocycles. The predicted molar refractivity (Wildman–Crippen MR) is 104 cm³/mol. The van der Waals surface area contributed by atoms with Gasteiger partial charge in [-0.25, -0.2) is 0 Å². The molecule has 5 nitrogen and oxygen atoms in total. The second-order valence-electron chi connectivity index (χ2n) is 6.70. The van der Waals surface area contributed by atoms with Gasteiger partial charge in [-0.3, -0.25) is 9.78 Å². The molecule has 1 aromatic heterocycles. The second-order valence-corrected chi connectivity index (χ2v) is 6.70. The summed E-state index contributed by atoms with van der Waals surface area (Å²) in [5.41, 5.74) is 0. The molecule has 138 valence electrons. The van der Waals surface area contributed by atoms with E-state index < -0.39 is 0 Å². The minimum atomic E-state index is -0.00816. The van der Waals surface area contributed by atoms with Crippen LogP contribution in [0.4, 0.5) is 0 Å². The van der Waals surface area contributed by atoms with E-state index in [9.17, 15) is 4.79 Å².